The first-order chi connectivity index (χ1) is 13.2. The van der Waals surface area contributed by atoms with Crippen molar-refractivity contribution in [3.8, 4) is 11.3 Å². The molecule has 0 aliphatic heterocycles. The van der Waals surface area contributed by atoms with Crippen LogP contribution in [0.2, 0.25) is 4.34 Å². The zero-order valence-corrected chi connectivity index (χ0v) is 16.1. The predicted molar refractivity (Wildman–Crippen MR) is 102 cm³/mol. The van der Waals surface area contributed by atoms with Crippen LogP contribution in [-0.4, -0.2) is 15.6 Å². The lowest BCUT2D eigenvalue weighted by molar-refractivity contribution is -0.137. The monoisotopic (exact) mass is 426 g/mol. The van der Waals surface area contributed by atoms with Crippen LogP contribution < -0.4 is 5.56 Å². The van der Waals surface area contributed by atoms with Gasteiger partial charge in [-0.3, -0.25) is 9.59 Å². The molecule has 0 amide bonds. The number of carbonyl (C=O) groups excluding carboxylic acids is 1. The van der Waals surface area contributed by atoms with E-state index in [1.165, 1.54) is 42.5 Å². The molecule has 0 aliphatic rings. The second kappa shape index (κ2) is 7.89. The maximum absolute atomic E-state index is 12.6. The molecule has 0 saturated heterocycles. The fourth-order valence-corrected chi connectivity index (χ4v) is 3.56. The summed E-state index contributed by atoms with van der Waals surface area (Å²) in [6.45, 7) is 1.53. The summed E-state index contributed by atoms with van der Waals surface area (Å²) in [5.41, 5.74) is 0.302. The minimum absolute atomic E-state index is 0.114. The number of Topliss-reactive ketones (excluding diaryl/α,β-unsaturated/α-hetero) is 1. The van der Waals surface area contributed by atoms with E-state index in [4.69, 9.17) is 11.6 Å². The van der Waals surface area contributed by atoms with Crippen molar-refractivity contribution in [3.63, 3.8) is 0 Å². The number of ketones is 1. The van der Waals surface area contributed by atoms with Crippen molar-refractivity contribution in [3.05, 3.63) is 73.7 Å². The number of aromatic nitrogens is 2. The number of nitrogens with zero attached hydrogens (tertiary/aromatic N) is 2. The van der Waals surface area contributed by atoms with Crippen molar-refractivity contribution >= 4 is 28.7 Å². The van der Waals surface area contributed by atoms with E-state index in [9.17, 15) is 22.8 Å². The van der Waals surface area contributed by atoms with Crippen LogP contribution in [0.3, 0.4) is 0 Å². The van der Waals surface area contributed by atoms with Crippen LogP contribution in [0.4, 0.5) is 13.2 Å². The van der Waals surface area contributed by atoms with Crippen LogP contribution in [0.15, 0.2) is 52.6 Å². The molecule has 0 aliphatic carbocycles. The normalized spacial score (nSPS) is 12.8. The third kappa shape index (κ3) is 4.34. The summed E-state index contributed by atoms with van der Waals surface area (Å²) in [7, 11) is 0. The summed E-state index contributed by atoms with van der Waals surface area (Å²) in [5.74, 6) is -0.345. The Labute approximate surface area is 167 Å². The van der Waals surface area contributed by atoms with Crippen molar-refractivity contribution in [2.45, 2.75) is 25.6 Å². The quantitative estimate of drug-likeness (QED) is 0.575. The largest absolute Gasteiger partial charge is 0.416 e. The molecule has 146 valence electrons. The van der Waals surface area contributed by atoms with Crippen LogP contribution in [0.5, 0.6) is 0 Å². The summed E-state index contributed by atoms with van der Waals surface area (Å²) < 4.78 is 39.5. The zero-order chi connectivity index (χ0) is 20.5. The highest BCUT2D eigenvalue weighted by atomic mass is 35.5. The second-order valence-corrected chi connectivity index (χ2v) is 7.64. The Hall–Kier alpha value is -2.45. The Morgan fingerprint density at radius 1 is 1.18 bits per heavy atom. The van der Waals surface area contributed by atoms with Gasteiger partial charge in [-0.25, -0.2) is 4.68 Å². The van der Waals surface area contributed by atoms with Crippen LogP contribution in [-0.2, 0) is 17.4 Å². The molecular weight excluding hydrogens is 413 g/mol. The highest BCUT2D eigenvalue weighted by Gasteiger charge is 2.30. The van der Waals surface area contributed by atoms with Gasteiger partial charge in [0.25, 0.3) is 5.56 Å². The third-order valence-electron chi connectivity index (χ3n) is 4.21. The summed E-state index contributed by atoms with van der Waals surface area (Å²) in [6, 6.07) is 8.08. The van der Waals surface area contributed by atoms with E-state index in [-0.39, 0.29) is 12.2 Å². The van der Waals surface area contributed by atoms with Gasteiger partial charge < -0.3 is 0 Å². The number of rotatable bonds is 5. The van der Waals surface area contributed by atoms with Crippen LogP contribution in [0.1, 0.15) is 24.1 Å². The molecule has 0 N–H and O–H groups in total. The maximum atomic E-state index is 12.6. The molecule has 4 nitrogen and oxygen atoms in total. The maximum Gasteiger partial charge on any atom is 0.416 e. The van der Waals surface area contributed by atoms with E-state index in [2.05, 4.69) is 5.10 Å². The summed E-state index contributed by atoms with van der Waals surface area (Å²) in [5, 5.41) is 6.03. The molecule has 2 aromatic heterocycles. The van der Waals surface area contributed by atoms with Crippen molar-refractivity contribution in [1.29, 1.82) is 0 Å². The van der Waals surface area contributed by atoms with Gasteiger partial charge in [0.2, 0.25) is 0 Å². The molecule has 3 rings (SSSR count). The number of benzene rings is 1. The van der Waals surface area contributed by atoms with Gasteiger partial charge in [0, 0.05) is 18.1 Å². The molecule has 1 atom stereocenters. The number of halogens is 4. The lowest BCUT2D eigenvalue weighted by atomic mass is 10.0. The summed E-state index contributed by atoms with van der Waals surface area (Å²) in [6.07, 6.45) is -4.55. The number of alkyl halides is 3. The van der Waals surface area contributed by atoms with E-state index < -0.39 is 23.3 Å². The van der Waals surface area contributed by atoms with Gasteiger partial charge in [0.1, 0.15) is 10.4 Å². The van der Waals surface area contributed by atoms with Gasteiger partial charge in [-0.2, -0.15) is 18.3 Å². The van der Waals surface area contributed by atoms with Gasteiger partial charge in [0.05, 0.1) is 11.3 Å². The molecule has 2 heterocycles. The first-order valence-corrected chi connectivity index (χ1v) is 9.44. The Morgan fingerprint density at radius 2 is 1.86 bits per heavy atom. The molecule has 0 saturated carbocycles. The van der Waals surface area contributed by atoms with Gasteiger partial charge in [-0.05, 0) is 42.1 Å². The van der Waals surface area contributed by atoms with E-state index in [0.717, 1.165) is 16.8 Å². The van der Waals surface area contributed by atoms with Gasteiger partial charge in [-0.1, -0.05) is 23.7 Å². The number of carbonyl (C=O) groups is 1. The average Bonchev–Trinajstić information content (AvgIpc) is 3.07. The van der Waals surface area contributed by atoms with Crippen molar-refractivity contribution < 1.29 is 18.0 Å². The Morgan fingerprint density at radius 3 is 2.43 bits per heavy atom. The second-order valence-electron chi connectivity index (χ2n) is 6.12. The SMILES string of the molecule is CC(C(=O)Cc1ccc(C(F)(F)F)cc1)n1nc(-c2ccsc2Cl)ccc1=O. The minimum Gasteiger partial charge on any atom is -0.297 e. The Bertz CT molecular complexity index is 1060. The van der Waals surface area contributed by atoms with Crippen molar-refractivity contribution in [2.24, 2.45) is 0 Å². The fraction of sp³-hybridized carbons (Fsp3) is 0.211. The number of thiophene rings is 1. The van der Waals surface area contributed by atoms with Crippen molar-refractivity contribution in [1.82, 2.24) is 9.78 Å². The topological polar surface area (TPSA) is 52.0 Å². The lowest BCUT2D eigenvalue weighted by Gasteiger charge is -2.14. The van der Waals surface area contributed by atoms with Crippen LogP contribution in [0, 0.1) is 0 Å². The standard InChI is InChI=1S/C19H14ClF3N2O2S/c1-11(16(26)10-12-2-4-13(5-3-12)19(21,22)23)25-17(27)7-6-15(24-25)14-8-9-28-18(14)20/h2-9,11H,10H2,1H3. The molecule has 0 spiro atoms. The minimum atomic E-state index is -4.43. The summed E-state index contributed by atoms with van der Waals surface area (Å²) >= 11 is 7.42. The first-order valence-electron chi connectivity index (χ1n) is 8.19. The zero-order valence-electron chi connectivity index (χ0n) is 14.5. The highest BCUT2D eigenvalue weighted by Crippen LogP contribution is 2.31. The van der Waals surface area contributed by atoms with Crippen LogP contribution >= 0.6 is 22.9 Å². The molecule has 1 aromatic carbocycles. The number of hydrogen-bond acceptors (Lipinski definition) is 4. The predicted octanol–water partition coefficient (Wildman–Crippen LogP) is 5.02. The van der Waals surface area contributed by atoms with E-state index in [1.807, 2.05) is 0 Å². The smallest absolute Gasteiger partial charge is 0.297 e. The third-order valence-corrected chi connectivity index (χ3v) is 5.38. The molecule has 0 fully saturated rings. The molecule has 9 heteroatoms. The Kier molecular flexibility index (Phi) is 5.71. The molecule has 0 radical (unpaired) electrons. The summed E-state index contributed by atoms with van der Waals surface area (Å²) in [4.78, 5) is 24.7. The molecule has 3 aromatic rings. The van der Waals surface area contributed by atoms with E-state index in [0.29, 0.717) is 21.2 Å². The van der Waals surface area contributed by atoms with Gasteiger partial charge >= 0.3 is 6.18 Å². The van der Waals surface area contributed by atoms with Gasteiger partial charge in [-0.15, -0.1) is 11.3 Å². The first kappa shape index (κ1) is 20.3. The van der Waals surface area contributed by atoms with E-state index >= 15 is 0 Å². The fourth-order valence-electron chi connectivity index (χ4n) is 2.62. The highest BCUT2D eigenvalue weighted by molar-refractivity contribution is 7.15. The molecule has 0 bridgehead atoms. The van der Waals surface area contributed by atoms with Crippen molar-refractivity contribution in [2.75, 3.05) is 0 Å². The Balaban J connectivity index is 1.82. The van der Waals surface area contributed by atoms with Crippen LogP contribution in [0.25, 0.3) is 11.3 Å². The number of hydrogen-bond donors (Lipinski definition) is 0. The molecule has 1 unspecified atom stereocenters. The average molecular weight is 427 g/mol. The molecular formula is C19H14ClF3N2O2S. The molecule has 28 heavy (non-hydrogen) atoms. The van der Waals surface area contributed by atoms with Gasteiger partial charge in [0.15, 0.2) is 5.78 Å². The lowest BCUT2D eigenvalue weighted by Crippen LogP contribution is -2.30. The van der Waals surface area contributed by atoms with E-state index in [1.54, 1.807) is 11.4 Å².